The van der Waals surface area contributed by atoms with Gasteiger partial charge in [0.15, 0.2) is 0 Å². The van der Waals surface area contributed by atoms with Gasteiger partial charge in [-0.15, -0.1) is 0 Å². The number of likely N-dealkylation sites (N-methyl/N-ethyl adjacent to an activating group) is 1. The third-order valence-corrected chi connectivity index (χ3v) is 4.54. The highest BCUT2D eigenvalue weighted by atomic mass is 16.2. The Balaban J connectivity index is 1.83. The molecule has 2 amide bonds. The molecule has 2 N–H and O–H groups in total. The molecule has 1 aliphatic rings. The van der Waals surface area contributed by atoms with Gasteiger partial charge in [-0.25, -0.2) is 0 Å². The van der Waals surface area contributed by atoms with Crippen molar-refractivity contribution in [2.75, 3.05) is 50.0 Å². The summed E-state index contributed by atoms with van der Waals surface area (Å²) in [5, 5.41) is 5.80. The van der Waals surface area contributed by atoms with E-state index in [-0.39, 0.29) is 11.8 Å². The van der Waals surface area contributed by atoms with Crippen LogP contribution in [0.2, 0.25) is 0 Å². The van der Waals surface area contributed by atoms with Crippen molar-refractivity contribution in [3.05, 3.63) is 23.8 Å². The summed E-state index contributed by atoms with van der Waals surface area (Å²) in [6.07, 6.45) is 3.36. The molecule has 25 heavy (non-hydrogen) atoms. The number of nitrogens with one attached hydrogen (secondary N) is 2. The largest absolute Gasteiger partial charge is 0.364 e. The van der Waals surface area contributed by atoms with Crippen LogP contribution < -0.4 is 15.5 Å². The van der Waals surface area contributed by atoms with E-state index >= 15 is 0 Å². The van der Waals surface area contributed by atoms with Crippen LogP contribution in [0.4, 0.5) is 11.4 Å². The lowest BCUT2D eigenvalue weighted by Gasteiger charge is -2.27. The van der Waals surface area contributed by atoms with Gasteiger partial charge in [0.2, 0.25) is 5.91 Å². The van der Waals surface area contributed by atoms with Crippen molar-refractivity contribution < 1.29 is 9.59 Å². The van der Waals surface area contributed by atoms with Crippen LogP contribution in [0.15, 0.2) is 18.2 Å². The van der Waals surface area contributed by atoms with Gasteiger partial charge < -0.3 is 20.4 Å². The number of nitrogens with zero attached hydrogens (tertiary/aromatic N) is 2. The topological polar surface area (TPSA) is 64.7 Å². The lowest BCUT2D eigenvalue weighted by molar-refractivity contribution is -0.115. The van der Waals surface area contributed by atoms with Crippen molar-refractivity contribution in [3.63, 3.8) is 0 Å². The number of fused-ring (bicyclic) bond motifs is 1. The molecule has 0 saturated carbocycles. The molecule has 0 saturated heterocycles. The minimum Gasteiger partial charge on any atom is -0.364 e. The van der Waals surface area contributed by atoms with E-state index in [2.05, 4.69) is 29.4 Å². The first-order valence-electron chi connectivity index (χ1n) is 9.20. The Bertz CT molecular complexity index is 603. The molecule has 0 unspecified atom stereocenters. The molecule has 1 heterocycles. The number of carbonyl (C=O) groups is 2. The van der Waals surface area contributed by atoms with E-state index in [1.54, 1.807) is 6.07 Å². The number of carbonyl (C=O) groups excluding carboxylic acids is 2. The van der Waals surface area contributed by atoms with Gasteiger partial charge in [0.05, 0.1) is 17.9 Å². The maximum Gasteiger partial charge on any atom is 0.251 e. The van der Waals surface area contributed by atoms with Crippen LogP contribution in [0.25, 0.3) is 0 Å². The summed E-state index contributed by atoms with van der Waals surface area (Å²) in [6, 6.07) is 5.44. The summed E-state index contributed by atoms with van der Waals surface area (Å²) in [6.45, 7) is 8.54. The quantitative estimate of drug-likeness (QED) is 0.674. The molecule has 6 nitrogen and oxygen atoms in total. The highest BCUT2D eigenvalue weighted by molar-refractivity contribution is 6.03. The molecular weight excluding hydrogens is 316 g/mol. The molecule has 1 aromatic rings. The number of hydrogen-bond acceptors (Lipinski definition) is 4. The van der Waals surface area contributed by atoms with Gasteiger partial charge in [0.1, 0.15) is 0 Å². The van der Waals surface area contributed by atoms with Gasteiger partial charge in [-0.1, -0.05) is 20.3 Å². The number of benzene rings is 1. The molecule has 0 fully saturated rings. The molecule has 0 aromatic heterocycles. The van der Waals surface area contributed by atoms with Crippen LogP contribution in [-0.2, 0) is 4.79 Å². The smallest absolute Gasteiger partial charge is 0.251 e. The van der Waals surface area contributed by atoms with Crippen molar-refractivity contribution in [2.24, 2.45) is 0 Å². The highest BCUT2D eigenvalue weighted by Gasteiger charge is 2.20. The summed E-state index contributed by atoms with van der Waals surface area (Å²) in [5.41, 5.74) is 2.21. The van der Waals surface area contributed by atoms with Crippen LogP contribution in [0.3, 0.4) is 0 Å². The Morgan fingerprint density at radius 2 is 2.04 bits per heavy atom. The number of anilines is 2. The summed E-state index contributed by atoms with van der Waals surface area (Å²) < 4.78 is 0. The van der Waals surface area contributed by atoms with Crippen LogP contribution >= 0.6 is 0 Å². The Morgan fingerprint density at radius 3 is 2.76 bits per heavy atom. The molecule has 0 bridgehead atoms. The van der Waals surface area contributed by atoms with Gasteiger partial charge in [0, 0.05) is 19.2 Å². The Hall–Kier alpha value is -2.08. The van der Waals surface area contributed by atoms with Gasteiger partial charge in [0.25, 0.3) is 5.91 Å². The predicted molar refractivity (Wildman–Crippen MR) is 102 cm³/mol. The van der Waals surface area contributed by atoms with E-state index in [1.165, 1.54) is 12.8 Å². The Morgan fingerprint density at radius 1 is 1.28 bits per heavy atom. The molecule has 1 aromatic carbocycles. The lowest BCUT2D eigenvalue weighted by atomic mass is 10.1. The Labute approximate surface area is 150 Å². The maximum absolute atomic E-state index is 12.3. The SMILES string of the molecule is CCCCN(CC)CCCNC(=O)c1ccc2c(c1)NC(=O)CN2C. The standard InChI is InChI=1S/C19H30N4O2/c1-4-6-11-23(5-2)12-7-10-20-19(25)15-8-9-17-16(13-15)21-18(24)14-22(17)3/h8-9,13H,4-7,10-12,14H2,1-3H3,(H,20,25)(H,21,24). The highest BCUT2D eigenvalue weighted by Crippen LogP contribution is 2.29. The number of amides is 2. The van der Waals surface area contributed by atoms with Gasteiger partial charge in [-0.3, -0.25) is 9.59 Å². The summed E-state index contributed by atoms with van der Waals surface area (Å²) in [4.78, 5) is 28.3. The van der Waals surface area contributed by atoms with Crippen molar-refractivity contribution >= 4 is 23.2 Å². The van der Waals surface area contributed by atoms with Gasteiger partial charge >= 0.3 is 0 Å². The molecule has 0 spiro atoms. The van der Waals surface area contributed by atoms with E-state index < -0.39 is 0 Å². The van der Waals surface area contributed by atoms with Crippen molar-refractivity contribution in [3.8, 4) is 0 Å². The zero-order chi connectivity index (χ0) is 18.2. The van der Waals surface area contributed by atoms with Crippen LogP contribution in [-0.4, -0.2) is 56.5 Å². The minimum absolute atomic E-state index is 0.0562. The van der Waals surface area contributed by atoms with E-state index in [0.29, 0.717) is 24.3 Å². The fourth-order valence-corrected chi connectivity index (χ4v) is 3.02. The first-order chi connectivity index (χ1) is 12.0. The van der Waals surface area contributed by atoms with E-state index in [9.17, 15) is 9.59 Å². The second kappa shape index (κ2) is 9.42. The molecule has 0 atom stereocenters. The zero-order valence-electron chi connectivity index (χ0n) is 15.6. The fraction of sp³-hybridized carbons (Fsp3) is 0.579. The molecule has 1 aliphatic heterocycles. The molecule has 6 heteroatoms. The van der Waals surface area contributed by atoms with E-state index in [0.717, 1.165) is 31.7 Å². The summed E-state index contributed by atoms with van der Waals surface area (Å²) >= 11 is 0. The second-order valence-electron chi connectivity index (χ2n) is 6.53. The van der Waals surface area contributed by atoms with Crippen molar-refractivity contribution in [2.45, 2.75) is 33.1 Å². The summed E-state index contributed by atoms with van der Waals surface area (Å²) in [5.74, 6) is -0.152. The summed E-state index contributed by atoms with van der Waals surface area (Å²) in [7, 11) is 1.87. The monoisotopic (exact) mass is 346 g/mol. The minimum atomic E-state index is -0.0955. The van der Waals surface area contributed by atoms with E-state index in [4.69, 9.17) is 0 Å². The van der Waals surface area contributed by atoms with Crippen LogP contribution in [0.1, 0.15) is 43.5 Å². The average Bonchev–Trinajstić information content (AvgIpc) is 2.60. The third-order valence-electron chi connectivity index (χ3n) is 4.54. The number of unbranched alkanes of at least 4 members (excludes halogenated alkanes) is 1. The van der Waals surface area contributed by atoms with Crippen molar-refractivity contribution in [1.29, 1.82) is 0 Å². The van der Waals surface area contributed by atoms with Crippen LogP contribution in [0, 0.1) is 0 Å². The molecule has 138 valence electrons. The zero-order valence-corrected chi connectivity index (χ0v) is 15.6. The van der Waals surface area contributed by atoms with E-state index in [1.807, 2.05) is 24.1 Å². The lowest BCUT2D eigenvalue weighted by Crippen LogP contribution is -2.35. The van der Waals surface area contributed by atoms with Gasteiger partial charge in [-0.05, 0) is 50.7 Å². The normalized spacial score (nSPS) is 13.6. The first kappa shape index (κ1) is 19.2. The molecule has 0 aliphatic carbocycles. The van der Waals surface area contributed by atoms with Crippen LogP contribution in [0.5, 0.6) is 0 Å². The number of rotatable bonds is 9. The predicted octanol–water partition coefficient (Wildman–Crippen LogP) is 2.32. The molecular formula is C19H30N4O2. The molecule has 0 radical (unpaired) electrons. The third kappa shape index (κ3) is 5.46. The molecule has 2 rings (SSSR count). The second-order valence-corrected chi connectivity index (χ2v) is 6.53. The number of hydrogen-bond donors (Lipinski definition) is 2. The first-order valence-corrected chi connectivity index (χ1v) is 9.20. The van der Waals surface area contributed by atoms with Gasteiger partial charge in [-0.2, -0.15) is 0 Å². The average molecular weight is 346 g/mol. The van der Waals surface area contributed by atoms with Crippen molar-refractivity contribution in [1.82, 2.24) is 10.2 Å². The Kier molecular flexibility index (Phi) is 7.25. The fourth-order valence-electron chi connectivity index (χ4n) is 3.02. The maximum atomic E-state index is 12.3.